The SMILES string of the molecule is c1ccc2c(c1)Sc1ccccc1N2C1CC2CCC(C1)N2Cc1ncc[nH]1. The quantitative estimate of drug-likeness (QED) is 0.668. The lowest BCUT2D eigenvalue weighted by Gasteiger charge is -2.46. The van der Waals surface area contributed by atoms with Gasteiger partial charge in [0.25, 0.3) is 0 Å². The Hall–Kier alpha value is -2.24. The first-order valence-electron chi connectivity index (χ1n) is 10.3. The number of hydrogen-bond acceptors (Lipinski definition) is 4. The number of nitrogens with one attached hydrogen (secondary N) is 1. The summed E-state index contributed by atoms with van der Waals surface area (Å²) in [6.45, 7) is 0.956. The van der Waals surface area contributed by atoms with Crippen molar-refractivity contribution in [2.24, 2.45) is 0 Å². The standard InChI is InChI=1S/C23H24N4S/c1-3-7-21-19(5-1)27(20-6-2-4-8-22(20)28-21)18-13-16-9-10-17(14-18)26(16)15-23-24-11-12-25-23/h1-8,11-12,16-18H,9-10,13-15H2,(H,24,25). The zero-order valence-electron chi connectivity index (χ0n) is 15.8. The molecule has 2 aromatic carbocycles. The van der Waals surface area contributed by atoms with E-state index in [-0.39, 0.29) is 0 Å². The Kier molecular flexibility index (Phi) is 3.98. The molecule has 4 heterocycles. The maximum atomic E-state index is 4.46. The number of anilines is 2. The minimum atomic E-state index is 0.563. The van der Waals surface area contributed by atoms with Gasteiger partial charge in [0.15, 0.2) is 0 Å². The summed E-state index contributed by atoms with van der Waals surface area (Å²) in [5, 5.41) is 0. The third kappa shape index (κ3) is 2.68. The molecule has 2 atom stereocenters. The Balaban J connectivity index is 1.33. The molecule has 0 radical (unpaired) electrons. The Bertz CT molecular complexity index is 926. The molecule has 142 valence electrons. The van der Waals surface area contributed by atoms with E-state index in [1.165, 1.54) is 46.8 Å². The van der Waals surface area contributed by atoms with Crippen LogP contribution < -0.4 is 4.90 Å². The second-order valence-corrected chi connectivity index (χ2v) is 9.21. The van der Waals surface area contributed by atoms with E-state index in [1.54, 1.807) is 0 Å². The molecule has 6 rings (SSSR count). The van der Waals surface area contributed by atoms with Crippen LogP contribution in [0.3, 0.4) is 0 Å². The Morgan fingerprint density at radius 3 is 2.14 bits per heavy atom. The first-order valence-corrected chi connectivity index (χ1v) is 11.1. The highest BCUT2D eigenvalue weighted by atomic mass is 32.2. The van der Waals surface area contributed by atoms with E-state index >= 15 is 0 Å². The summed E-state index contributed by atoms with van der Waals surface area (Å²) in [7, 11) is 0. The summed E-state index contributed by atoms with van der Waals surface area (Å²) in [6.07, 6.45) is 8.88. The average molecular weight is 389 g/mol. The van der Waals surface area contributed by atoms with Crippen molar-refractivity contribution in [2.75, 3.05) is 4.90 Å². The van der Waals surface area contributed by atoms with Gasteiger partial charge in [-0.15, -0.1) is 0 Å². The monoisotopic (exact) mass is 388 g/mol. The van der Waals surface area contributed by atoms with Gasteiger partial charge in [-0.1, -0.05) is 36.0 Å². The van der Waals surface area contributed by atoms with Gasteiger partial charge in [-0.2, -0.15) is 0 Å². The number of nitrogens with zero attached hydrogens (tertiary/aromatic N) is 3. The van der Waals surface area contributed by atoms with Gasteiger partial charge < -0.3 is 9.88 Å². The van der Waals surface area contributed by atoms with Crippen LogP contribution in [0.1, 0.15) is 31.5 Å². The molecule has 1 N–H and O–H groups in total. The molecule has 1 aromatic heterocycles. The highest BCUT2D eigenvalue weighted by Gasteiger charge is 2.44. The molecule has 0 saturated carbocycles. The maximum Gasteiger partial charge on any atom is 0.120 e. The molecule has 0 spiro atoms. The zero-order chi connectivity index (χ0) is 18.5. The number of para-hydroxylation sites is 2. The molecule has 2 unspecified atom stereocenters. The van der Waals surface area contributed by atoms with Gasteiger partial charge in [0.1, 0.15) is 5.82 Å². The van der Waals surface area contributed by atoms with E-state index in [1.807, 2.05) is 24.2 Å². The topological polar surface area (TPSA) is 35.2 Å². The summed E-state index contributed by atoms with van der Waals surface area (Å²) < 4.78 is 0. The lowest BCUT2D eigenvalue weighted by molar-refractivity contribution is 0.116. The molecule has 2 fully saturated rings. The Morgan fingerprint density at radius 1 is 0.893 bits per heavy atom. The summed E-state index contributed by atoms with van der Waals surface area (Å²) >= 11 is 1.91. The molecule has 2 saturated heterocycles. The predicted octanol–water partition coefficient (Wildman–Crippen LogP) is 5.21. The number of aromatic nitrogens is 2. The smallest absolute Gasteiger partial charge is 0.120 e. The van der Waals surface area contributed by atoms with E-state index in [0.717, 1.165) is 12.4 Å². The number of benzene rings is 2. The normalized spacial score (nSPS) is 26.1. The molecule has 3 aliphatic rings. The first kappa shape index (κ1) is 16.7. The highest BCUT2D eigenvalue weighted by Crippen LogP contribution is 2.51. The zero-order valence-corrected chi connectivity index (χ0v) is 16.6. The molecule has 3 aromatic rings. The number of hydrogen-bond donors (Lipinski definition) is 1. The average Bonchev–Trinajstić information content (AvgIpc) is 3.32. The van der Waals surface area contributed by atoms with E-state index < -0.39 is 0 Å². The van der Waals surface area contributed by atoms with Gasteiger partial charge in [-0.3, -0.25) is 4.90 Å². The van der Waals surface area contributed by atoms with Crippen LogP contribution >= 0.6 is 11.8 Å². The lowest BCUT2D eigenvalue weighted by Crippen LogP contribution is -2.49. The van der Waals surface area contributed by atoms with Crippen molar-refractivity contribution >= 4 is 23.1 Å². The van der Waals surface area contributed by atoms with Crippen LogP contribution in [0.5, 0.6) is 0 Å². The number of H-pyrrole nitrogens is 1. The molecule has 28 heavy (non-hydrogen) atoms. The van der Waals surface area contributed by atoms with Crippen LogP contribution in [0.4, 0.5) is 11.4 Å². The number of rotatable bonds is 3. The van der Waals surface area contributed by atoms with E-state index in [4.69, 9.17) is 0 Å². The molecule has 2 bridgehead atoms. The minimum absolute atomic E-state index is 0.563. The first-order chi connectivity index (χ1) is 13.9. The largest absolute Gasteiger partial charge is 0.348 e. The maximum absolute atomic E-state index is 4.46. The van der Waals surface area contributed by atoms with Crippen molar-refractivity contribution in [1.29, 1.82) is 0 Å². The molecule has 5 heteroatoms. The van der Waals surface area contributed by atoms with Crippen molar-refractivity contribution in [2.45, 2.75) is 60.1 Å². The number of aromatic amines is 1. The van der Waals surface area contributed by atoms with Gasteiger partial charge in [-0.25, -0.2) is 4.98 Å². The summed E-state index contributed by atoms with van der Waals surface area (Å²) in [4.78, 5) is 15.9. The van der Waals surface area contributed by atoms with E-state index in [2.05, 4.69) is 68.3 Å². The summed E-state index contributed by atoms with van der Waals surface area (Å²) in [6, 6.07) is 19.7. The van der Waals surface area contributed by atoms with Gasteiger partial charge in [0.05, 0.1) is 17.9 Å². The molecule has 0 aliphatic carbocycles. The summed E-state index contributed by atoms with van der Waals surface area (Å²) in [5.74, 6) is 1.10. The third-order valence-corrected chi connectivity index (χ3v) is 7.71. The third-order valence-electron chi connectivity index (χ3n) is 6.58. The predicted molar refractivity (Wildman–Crippen MR) is 113 cm³/mol. The molecule has 0 amide bonds. The van der Waals surface area contributed by atoms with Crippen molar-refractivity contribution in [3.05, 3.63) is 66.7 Å². The van der Waals surface area contributed by atoms with E-state index in [9.17, 15) is 0 Å². The lowest BCUT2D eigenvalue weighted by atomic mass is 9.94. The highest BCUT2D eigenvalue weighted by molar-refractivity contribution is 7.99. The van der Waals surface area contributed by atoms with Crippen LogP contribution in [0.25, 0.3) is 0 Å². The van der Waals surface area contributed by atoms with Crippen molar-refractivity contribution < 1.29 is 0 Å². The van der Waals surface area contributed by atoms with Crippen LogP contribution in [-0.2, 0) is 6.54 Å². The second-order valence-electron chi connectivity index (χ2n) is 8.13. The second kappa shape index (κ2) is 6.68. The number of piperidine rings is 1. The van der Waals surface area contributed by atoms with Crippen molar-refractivity contribution in [3.8, 4) is 0 Å². The number of fused-ring (bicyclic) bond motifs is 4. The van der Waals surface area contributed by atoms with Gasteiger partial charge in [0.2, 0.25) is 0 Å². The van der Waals surface area contributed by atoms with Crippen LogP contribution in [-0.4, -0.2) is 33.0 Å². The minimum Gasteiger partial charge on any atom is -0.348 e. The molecular weight excluding hydrogens is 364 g/mol. The molecule has 4 nitrogen and oxygen atoms in total. The van der Waals surface area contributed by atoms with Crippen molar-refractivity contribution in [3.63, 3.8) is 0 Å². The Labute approximate surface area is 170 Å². The fourth-order valence-corrected chi connectivity index (χ4v) is 6.47. The van der Waals surface area contributed by atoms with E-state index in [0.29, 0.717) is 18.1 Å². The van der Waals surface area contributed by atoms with Gasteiger partial charge in [-0.05, 0) is 49.9 Å². The fraction of sp³-hybridized carbons (Fsp3) is 0.348. The van der Waals surface area contributed by atoms with Crippen molar-refractivity contribution in [1.82, 2.24) is 14.9 Å². The van der Waals surface area contributed by atoms with Crippen LogP contribution in [0, 0.1) is 0 Å². The fourth-order valence-electron chi connectivity index (χ4n) is 5.40. The van der Waals surface area contributed by atoms with Gasteiger partial charge >= 0.3 is 0 Å². The molecular formula is C23H24N4S. The van der Waals surface area contributed by atoms with Crippen LogP contribution in [0.2, 0.25) is 0 Å². The summed E-state index contributed by atoms with van der Waals surface area (Å²) in [5.41, 5.74) is 2.77. The molecule has 3 aliphatic heterocycles. The van der Waals surface area contributed by atoms with Gasteiger partial charge in [0, 0.05) is 40.3 Å². The number of imidazole rings is 1. The Morgan fingerprint density at radius 2 is 1.54 bits per heavy atom. The van der Waals surface area contributed by atoms with Crippen LogP contribution in [0.15, 0.2) is 70.7 Å².